The second-order valence-electron chi connectivity index (χ2n) is 4.71. The molecule has 0 atom stereocenters. The van der Waals surface area contributed by atoms with E-state index in [2.05, 4.69) is 15.1 Å². The van der Waals surface area contributed by atoms with Gasteiger partial charge in [-0.25, -0.2) is 18.4 Å². The van der Waals surface area contributed by atoms with Crippen molar-refractivity contribution in [3.05, 3.63) is 75.8 Å². The second-order valence-corrected chi connectivity index (χ2v) is 5.55. The molecule has 3 rings (SSSR count). The van der Waals surface area contributed by atoms with E-state index in [0.29, 0.717) is 4.80 Å². The van der Waals surface area contributed by atoms with Crippen molar-refractivity contribution >= 4 is 23.2 Å². The molecule has 23 heavy (non-hydrogen) atoms. The fourth-order valence-corrected chi connectivity index (χ4v) is 2.67. The van der Waals surface area contributed by atoms with Crippen molar-refractivity contribution in [3.8, 4) is 0 Å². The summed E-state index contributed by atoms with van der Waals surface area (Å²) in [4.78, 5) is 8.73. The van der Waals surface area contributed by atoms with E-state index in [4.69, 9.17) is 0 Å². The lowest BCUT2D eigenvalue weighted by Gasteiger charge is -1.99. The minimum atomic E-state index is -0.709. The van der Waals surface area contributed by atoms with E-state index >= 15 is 0 Å². The smallest absolute Gasteiger partial charge is 0.211 e. The van der Waals surface area contributed by atoms with E-state index in [0.717, 1.165) is 17.3 Å². The largest absolute Gasteiger partial charge is 0.264 e. The Hall–Kier alpha value is -2.67. The number of hydrogen-bond donors (Lipinski definition) is 0. The van der Waals surface area contributed by atoms with Crippen molar-refractivity contribution in [2.75, 3.05) is 0 Å². The van der Waals surface area contributed by atoms with Crippen LogP contribution in [0.1, 0.15) is 11.3 Å². The monoisotopic (exact) mass is 330 g/mol. The lowest BCUT2D eigenvalue weighted by atomic mass is 10.3. The summed E-state index contributed by atoms with van der Waals surface area (Å²) in [5.41, 5.74) is 1.76. The Morgan fingerprint density at radius 3 is 2.87 bits per heavy atom. The van der Waals surface area contributed by atoms with Crippen LogP contribution in [0.5, 0.6) is 0 Å². The lowest BCUT2D eigenvalue weighted by Crippen LogP contribution is -2.11. The summed E-state index contributed by atoms with van der Waals surface area (Å²) >= 11 is 1.33. The molecule has 2 heterocycles. The van der Waals surface area contributed by atoms with Crippen molar-refractivity contribution < 1.29 is 8.78 Å². The highest BCUT2D eigenvalue weighted by molar-refractivity contribution is 7.07. The van der Waals surface area contributed by atoms with Crippen molar-refractivity contribution in [3.63, 3.8) is 0 Å². The van der Waals surface area contributed by atoms with Crippen LogP contribution in [0.2, 0.25) is 0 Å². The Morgan fingerprint density at radius 2 is 2.13 bits per heavy atom. The summed E-state index contributed by atoms with van der Waals surface area (Å²) in [5, 5.41) is 6.21. The Bertz CT molecular complexity index is 913. The van der Waals surface area contributed by atoms with Crippen LogP contribution in [0.3, 0.4) is 0 Å². The van der Waals surface area contributed by atoms with Crippen molar-refractivity contribution in [1.29, 1.82) is 0 Å². The lowest BCUT2D eigenvalue weighted by molar-refractivity contribution is 0.584. The molecule has 0 bridgehead atoms. The molecule has 0 amide bonds. The van der Waals surface area contributed by atoms with Gasteiger partial charge in [-0.3, -0.25) is 4.98 Å². The Labute approximate surface area is 135 Å². The summed E-state index contributed by atoms with van der Waals surface area (Å²) in [5.74, 6) is -1.34. The van der Waals surface area contributed by atoms with Crippen LogP contribution in [0, 0.1) is 18.6 Å². The minimum Gasteiger partial charge on any atom is -0.264 e. The van der Waals surface area contributed by atoms with E-state index in [1.165, 1.54) is 23.5 Å². The van der Waals surface area contributed by atoms with Gasteiger partial charge in [-0.15, -0.1) is 11.3 Å². The van der Waals surface area contributed by atoms with Gasteiger partial charge in [0.1, 0.15) is 11.5 Å². The standard InChI is InChI=1S/C16H12F2N4S/c1-11-10-23-16(21-15-5-4-13(17)7-14(15)18)22(11)20-9-12-3-2-6-19-8-12/h2-10H,1H3. The van der Waals surface area contributed by atoms with Crippen LogP contribution in [0.15, 0.2) is 58.2 Å². The Kier molecular flexibility index (Phi) is 4.38. The van der Waals surface area contributed by atoms with Crippen molar-refractivity contribution in [2.45, 2.75) is 6.92 Å². The summed E-state index contributed by atoms with van der Waals surface area (Å²) in [6, 6.07) is 6.96. The molecule has 0 N–H and O–H groups in total. The summed E-state index contributed by atoms with van der Waals surface area (Å²) in [6.07, 6.45) is 5.01. The molecule has 1 aromatic carbocycles. The quantitative estimate of drug-likeness (QED) is 0.676. The van der Waals surface area contributed by atoms with E-state index in [9.17, 15) is 8.78 Å². The topological polar surface area (TPSA) is 42.5 Å². The van der Waals surface area contributed by atoms with E-state index in [1.807, 2.05) is 24.4 Å². The molecular formula is C16H12F2N4S. The Balaban J connectivity index is 2.02. The minimum absolute atomic E-state index is 0.0681. The van der Waals surface area contributed by atoms with Gasteiger partial charge in [0.15, 0.2) is 5.82 Å². The maximum atomic E-state index is 13.7. The number of benzene rings is 1. The number of aromatic nitrogens is 2. The Morgan fingerprint density at radius 1 is 1.26 bits per heavy atom. The van der Waals surface area contributed by atoms with Gasteiger partial charge in [0.2, 0.25) is 4.80 Å². The SMILES string of the molecule is Cc1csc(=Nc2ccc(F)cc2F)n1N=Cc1cccnc1. The number of rotatable bonds is 3. The fourth-order valence-electron chi connectivity index (χ4n) is 1.85. The van der Waals surface area contributed by atoms with Gasteiger partial charge in [-0.05, 0) is 25.1 Å². The third-order valence-electron chi connectivity index (χ3n) is 2.98. The van der Waals surface area contributed by atoms with Crippen molar-refractivity contribution in [1.82, 2.24) is 9.66 Å². The first-order chi connectivity index (χ1) is 11.1. The van der Waals surface area contributed by atoms with Gasteiger partial charge in [-0.2, -0.15) is 5.10 Å². The average Bonchev–Trinajstić information content (AvgIpc) is 2.89. The summed E-state index contributed by atoms with van der Waals surface area (Å²) in [6.45, 7) is 1.87. The van der Waals surface area contributed by atoms with Crippen LogP contribution in [0.25, 0.3) is 0 Å². The first-order valence-electron chi connectivity index (χ1n) is 6.75. The first-order valence-corrected chi connectivity index (χ1v) is 7.63. The van der Waals surface area contributed by atoms with Gasteiger partial charge in [-0.1, -0.05) is 6.07 Å². The maximum Gasteiger partial charge on any atom is 0.211 e. The molecule has 0 saturated heterocycles. The zero-order chi connectivity index (χ0) is 16.2. The van der Waals surface area contributed by atoms with Crippen LogP contribution >= 0.6 is 11.3 Å². The second kappa shape index (κ2) is 6.62. The van der Waals surface area contributed by atoms with Gasteiger partial charge in [0.25, 0.3) is 0 Å². The number of pyridine rings is 1. The van der Waals surface area contributed by atoms with Gasteiger partial charge < -0.3 is 0 Å². The third-order valence-corrected chi connectivity index (χ3v) is 3.92. The predicted molar refractivity (Wildman–Crippen MR) is 85.9 cm³/mol. The van der Waals surface area contributed by atoms with Crippen LogP contribution in [-0.2, 0) is 0 Å². The van der Waals surface area contributed by atoms with Crippen molar-refractivity contribution in [2.24, 2.45) is 10.1 Å². The molecule has 2 aromatic heterocycles. The molecule has 0 saturated carbocycles. The highest BCUT2D eigenvalue weighted by atomic mass is 32.1. The molecule has 0 aliphatic carbocycles. The zero-order valence-corrected chi connectivity index (χ0v) is 13.0. The first kappa shape index (κ1) is 15.2. The molecule has 0 unspecified atom stereocenters. The maximum absolute atomic E-state index is 13.7. The highest BCUT2D eigenvalue weighted by Gasteiger charge is 2.04. The molecule has 0 aliphatic heterocycles. The molecule has 0 spiro atoms. The summed E-state index contributed by atoms with van der Waals surface area (Å²) < 4.78 is 28.3. The third kappa shape index (κ3) is 3.57. The molecule has 0 fully saturated rings. The normalized spacial score (nSPS) is 12.2. The average molecular weight is 330 g/mol. The fraction of sp³-hybridized carbons (Fsp3) is 0.0625. The number of aryl methyl sites for hydroxylation is 1. The van der Waals surface area contributed by atoms with Gasteiger partial charge >= 0.3 is 0 Å². The molecule has 0 radical (unpaired) electrons. The summed E-state index contributed by atoms with van der Waals surface area (Å²) in [7, 11) is 0. The predicted octanol–water partition coefficient (Wildman–Crippen LogP) is 3.65. The van der Waals surface area contributed by atoms with E-state index in [-0.39, 0.29) is 5.69 Å². The molecule has 3 aromatic rings. The number of thiazole rings is 1. The molecule has 116 valence electrons. The van der Waals surface area contributed by atoms with Crippen LogP contribution in [-0.4, -0.2) is 15.9 Å². The number of nitrogens with zero attached hydrogens (tertiary/aromatic N) is 4. The highest BCUT2D eigenvalue weighted by Crippen LogP contribution is 2.18. The van der Waals surface area contributed by atoms with E-state index in [1.54, 1.807) is 23.3 Å². The van der Waals surface area contributed by atoms with Crippen LogP contribution in [0.4, 0.5) is 14.5 Å². The number of hydrogen-bond acceptors (Lipinski definition) is 4. The van der Waals surface area contributed by atoms with Crippen LogP contribution < -0.4 is 4.80 Å². The molecular weight excluding hydrogens is 318 g/mol. The van der Waals surface area contributed by atoms with Gasteiger partial charge in [0.05, 0.1) is 11.9 Å². The van der Waals surface area contributed by atoms with E-state index < -0.39 is 11.6 Å². The number of halogens is 2. The zero-order valence-electron chi connectivity index (χ0n) is 12.1. The molecule has 4 nitrogen and oxygen atoms in total. The molecule has 7 heteroatoms. The van der Waals surface area contributed by atoms with Gasteiger partial charge in [0, 0.05) is 29.4 Å². The molecule has 0 aliphatic rings.